The summed E-state index contributed by atoms with van der Waals surface area (Å²) in [5.41, 5.74) is 1.70. The Morgan fingerprint density at radius 3 is 3.00 bits per heavy atom. The van der Waals surface area contributed by atoms with E-state index in [1.165, 1.54) is 42.9 Å². The molecule has 2 aliphatic rings. The van der Waals surface area contributed by atoms with Crippen LogP contribution in [-0.4, -0.2) is 35.1 Å². The Kier molecular flexibility index (Phi) is 5.60. The molecule has 2 rings (SSSR count). The van der Waals surface area contributed by atoms with E-state index in [-0.39, 0.29) is 0 Å². The number of rotatable bonds is 4. The maximum absolute atomic E-state index is 3.72. The number of hydrogen-bond donors (Lipinski definition) is 1. The number of thioether (sulfide) groups is 2. The zero-order valence-corrected chi connectivity index (χ0v) is 11.8. The van der Waals surface area contributed by atoms with E-state index in [1.54, 1.807) is 5.57 Å². The van der Waals surface area contributed by atoms with Crippen LogP contribution in [0.5, 0.6) is 0 Å². The maximum Gasteiger partial charge on any atom is 0.0407 e. The van der Waals surface area contributed by atoms with Gasteiger partial charge in [0.25, 0.3) is 0 Å². The van der Waals surface area contributed by atoms with Gasteiger partial charge in [0.15, 0.2) is 0 Å². The van der Waals surface area contributed by atoms with Gasteiger partial charge in [0.1, 0.15) is 0 Å². The Morgan fingerprint density at radius 1 is 1.44 bits per heavy atom. The first-order valence-corrected chi connectivity index (χ1v) is 8.74. The highest BCUT2D eigenvalue weighted by Gasteiger charge is 2.27. The van der Waals surface area contributed by atoms with Crippen LogP contribution in [0.3, 0.4) is 0 Å². The van der Waals surface area contributed by atoms with Crippen LogP contribution in [0.4, 0.5) is 0 Å². The average molecular weight is 257 g/mol. The van der Waals surface area contributed by atoms with Crippen LogP contribution < -0.4 is 5.32 Å². The van der Waals surface area contributed by atoms with Gasteiger partial charge in [-0.3, -0.25) is 0 Å². The first-order valence-electron chi connectivity index (χ1n) is 6.53. The highest BCUT2D eigenvalue weighted by atomic mass is 32.2. The van der Waals surface area contributed by atoms with Gasteiger partial charge >= 0.3 is 0 Å². The van der Waals surface area contributed by atoms with Gasteiger partial charge in [-0.25, -0.2) is 0 Å². The molecule has 1 aliphatic carbocycles. The van der Waals surface area contributed by atoms with Crippen molar-refractivity contribution < 1.29 is 0 Å². The predicted octanol–water partition coefficient (Wildman–Crippen LogP) is 3.31. The molecule has 1 nitrogen and oxygen atoms in total. The van der Waals surface area contributed by atoms with Crippen LogP contribution in [0.1, 0.15) is 32.6 Å². The molecular weight excluding hydrogens is 234 g/mol. The lowest BCUT2D eigenvalue weighted by molar-refractivity contribution is 0.542. The van der Waals surface area contributed by atoms with E-state index in [0.717, 1.165) is 11.8 Å². The molecule has 1 N–H and O–H groups in total. The van der Waals surface area contributed by atoms with Crippen molar-refractivity contribution in [2.45, 2.75) is 43.9 Å². The standard InChI is InChI=1S/C13H23NS2/c1-2-14-13(11-6-4-3-5-7-11)12-10-15-8-9-16-12/h6,12-14H,2-5,7-10H2,1H3. The zero-order chi connectivity index (χ0) is 11.2. The molecule has 1 aliphatic heterocycles. The van der Waals surface area contributed by atoms with Gasteiger partial charge in [0.05, 0.1) is 0 Å². The molecule has 0 amide bonds. The van der Waals surface area contributed by atoms with Crippen molar-refractivity contribution in [3.8, 4) is 0 Å². The summed E-state index contributed by atoms with van der Waals surface area (Å²) in [5.74, 6) is 4.02. The molecule has 92 valence electrons. The summed E-state index contributed by atoms with van der Waals surface area (Å²) in [4.78, 5) is 0. The van der Waals surface area contributed by atoms with Crippen LogP contribution in [-0.2, 0) is 0 Å². The van der Waals surface area contributed by atoms with Crippen molar-refractivity contribution in [2.75, 3.05) is 23.8 Å². The van der Waals surface area contributed by atoms with E-state index in [2.05, 4.69) is 41.8 Å². The fourth-order valence-corrected chi connectivity index (χ4v) is 5.45. The molecular formula is C13H23NS2. The van der Waals surface area contributed by atoms with Gasteiger partial charge < -0.3 is 5.32 Å². The van der Waals surface area contributed by atoms with Crippen LogP contribution >= 0.6 is 23.5 Å². The molecule has 0 saturated carbocycles. The SMILES string of the molecule is CCNC(C1=CCCCC1)C1CSCCS1. The second kappa shape index (κ2) is 6.97. The second-order valence-corrected chi connectivity index (χ2v) is 7.04. The molecule has 2 unspecified atom stereocenters. The smallest absolute Gasteiger partial charge is 0.0407 e. The fourth-order valence-electron chi connectivity index (χ4n) is 2.57. The minimum absolute atomic E-state index is 0.656. The molecule has 1 saturated heterocycles. The molecule has 2 atom stereocenters. The predicted molar refractivity (Wildman–Crippen MR) is 77.6 cm³/mol. The number of allylic oxidation sites excluding steroid dienone is 1. The fraction of sp³-hybridized carbons (Fsp3) is 0.846. The zero-order valence-electron chi connectivity index (χ0n) is 10.2. The molecule has 1 fully saturated rings. The van der Waals surface area contributed by atoms with Crippen molar-refractivity contribution in [1.29, 1.82) is 0 Å². The third kappa shape index (κ3) is 3.44. The third-order valence-electron chi connectivity index (χ3n) is 3.36. The molecule has 0 bridgehead atoms. The summed E-state index contributed by atoms with van der Waals surface area (Å²) in [6.45, 7) is 3.33. The Morgan fingerprint density at radius 2 is 2.38 bits per heavy atom. The molecule has 3 heteroatoms. The number of nitrogens with one attached hydrogen (secondary N) is 1. The lowest BCUT2D eigenvalue weighted by atomic mass is 9.92. The van der Waals surface area contributed by atoms with Gasteiger partial charge in [-0.2, -0.15) is 23.5 Å². The van der Waals surface area contributed by atoms with E-state index in [9.17, 15) is 0 Å². The van der Waals surface area contributed by atoms with Crippen molar-refractivity contribution >= 4 is 23.5 Å². The Labute approximate surface area is 108 Å². The highest BCUT2D eigenvalue weighted by Crippen LogP contribution is 2.32. The minimum atomic E-state index is 0.656. The van der Waals surface area contributed by atoms with Gasteiger partial charge in [0.2, 0.25) is 0 Å². The van der Waals surface area contributed by atoms with Gasteiger partial charge in [0, 0.05) is 28.6 Å². The van der Waals surface area contributed by atoms with Gasteiger partial charge in [-0.15, -0.1) is 0 Å². The summed E-state index contributed by atoms with van der Waals surface area (Å²) >= 11 is 4.31. The summed E-state index contributed by atoms with van der Waals surface area (Å²) in [6.07, 6.45) is 7.95. The monoisotopic (exact) mass is 257 g/mol. The van der Waals surface area contributed by atoms with Crippen molar-refractivity contribution in [2.24, 2.45) is 0 Å². The van der Waals surface area contributed by atoms with Crippen LogP contribution in [0, 0.1) is 0 Å². The Hall–Kier alpha value is 0.400. The molecule has 16 heavy (non-hydrogen) atoms. The Balaban J connectivity index is 1.99. The highest BCUT2D eigenvalue weighted by molar-refractivity contribution is 8.06. The molecule has 1 heterocycles. The van der Waals surface area contributed by atoms with Crippen molar-refractivity contribution in [3.63, 3.8) is 0 Å². The molecule has 0 spiro atoms. The molecule has 0 radical (unpaired) electrons. The summed E-state index contributed by atoms with van der Waals surface area (Å²) in [6, 6.07) is 0.656. The third-order valence-corrected chi connectivity index (χ3v) is 6.23. The van der Waals surface area contributed by atoms with Gasteiger partial charge in [-0.05, 0) is 32.2 Å². The quantitative estimate of drug-likeness (QED) is 0.776. The molecule has 0 aromatic rings. The van der Waals surface area contributed by atoms with E-state index in [0.29, 0.717) is 6.04 Å². The summed E-state index contributed by atoms with van der Waals surface area (Å²) < 4.78 is 0. The van der Waals surface area contributed by atoms with E-state index in [4.69, 9.17) is 0 Å². The van der Waals surface area contributed by atoms with E-state index >= 15 is 0 Å². The molecule has 0 aromatic heterocycles. The number of likely N-dealkylation sites (N-methyl/N-ethyl adjacent to an activating group) is 1. The number of hydrogen-bond acceptors (Lipinski definition) is 3. The maximum atomic E-state index is 3.72. The summed E-state index contributed by atoms with van der Waals surface area (Å²) in [7, 11) is 0. The first kappa shape index (κ1) is 12.8. The lowest BCUT2D eigenvalue weighted by Gasteiger charge is -2.33. The van der Waals surface area contributed by atoms with Crippen LogP contribution in [0.15, 0.2) is 11.6 Å². The first-order chi connectivity index (χ1) is 7.92. The minimum Gasteiger partial charge on any atom is -0.310 e. The largest absolute Gasteiger partial charge is 0.310 e. The van der Waals surface area contributed by atoms with Crippen molar-refractivity contribution in [3.05, 3.63) is 11.6 Å². The van der Waals surface area contributed by atoms with Gasteiger partial charge in [-0.1, -0.05) is 18.6 Å². The topological polar surface area (TPSA) is 12.0 Å². The second-order valence-electron chi connectivity index (χ2n) is 4.54. The van der Waals surface area contributed by atoms with E-state index in [1.807, 2.05) is 0 Å². The normalized spacial score (nSPS) is 28.6. The summed E-state index contributed by atoms with van der Waals surface area (Å²) in [5, 5.41) is 4.53. The molecule has 0 aromatic carbocycles. The Bertz CT molecular complexity index is 234. The van der Waals surface area contributed by atoms with Crippen molar-refractivity contribution in [1.82, 2.24) is 5.32 Å². The van der Waals surface area contributed by atoms with Crippen LogP contribution in [0.25, 0.3) is 0 Å². The van der Waals surface area contributed by atoms with E-state index < -0.39 is 0 Å². The van der Waals surface area contributed by atoms with Crippen LogP contribution in [0.2, 0.25) is 0 Å². The average Bonchev–Trinajstić information content (AvgIpc) is 2.38. The lowest BCUT2D eigenvalue weighted by Crippen LogP contribution is -2.42.